The molecule has 0 radical (unpaired) electrons. The van der Waals surface area contributed by atoms with E-state index in [2.05, 4.69) is 0 Å². The highest BCUT2D eigenvalue weighted by molar-refractivity contribution is 5.76. The molecule has 0 aromatic rings. The number of aliphatic hydroxyl groups excluding tert-OH is 1. The highest BCUT2D eigenvalue weighted by Crippen LogP contribution is 2.30. The maximum Gasteiger partial charge on any atom is 0.222 e. The summed E-state index contributed by atoms with van der Waals surface area (Å²) < 4.78 is 0. The highest BCUT2D eigenvalue weighted by atomic mass is 16.3. The van der Waals surface area contributed by atoms with Crippen molar-refractivity contribution in [3.05, 3.63) is 0 Å². The Labute approximate surface area is 104 Å². The van der Waals surface area contributed by atoms with Crippen LogP contribution in [0.2, 0.25) is 0 Å². The second-order valence-corrected chi connectivity index (χ2v) is 5.58. The van der Waals surface area contributed by atoms with Crippen LogP contribution in [0.1, 0.15) is 57.8 Å². The molecule has 3 nitrogen and oxygen atoms in total. The molecule has 1 amide bonds. The van der Waals surface area contributed by atoms with Gasteiger partial charge in [0.2, 0.25) is 5.91 Å². The van der Waals surface area contributed by atoms with Crippen LogP contribution >= 0.6 is 0 Å². The highest BCUT2D eigenvalue weighted by Gasteiger charge is 2.31. The number of amides is 1. The van der Waals surface area contributed by atoms with Gasteiger partial charge in [0.15, 0.2) is 0 Å². The van der Waals surface area contributed by atoms with Crippen LogP contribution in [0.4, 0.5) is 0 Å². The molecule has 2 saturated carbocycles. The number of carbonyl (C=O) groups excluding carboxylic acids is 1. The molecule has 0 aromatic heterocycles. The third-order valence-corrected chi connectivity index (χ3v) is 4.14. The van der Waals surface area contributed by atoms with Gasteiger partial charge in [0, 0.05) is 19.0 Å². The summed E-state index contributed by atoms with van der Waals surface area (Å²) in [5.41, 5.74) is 0. The van der Waals surface area contributed by atoms with Crippen molar-refractivity contribution in [2.24, 2.45) is 5.92 Å². The third kappa shape index (κ3) is 3.98. The van der Waals surface area contributed by atoms with Crippen LogP contribution in [0, 0.1) is 5.92 Å². The molecule has 2 rings (SSSR count). The summed E-state index contributed by atoms with van der Waals surface area (Å²) in [6, 6.07) is 0.445. The molecule has 0 saturated heterocycles. The molecule has 0 spiro atoms. The number of rotatable bonds is 6. The van der Waals surface area contributed by atoms with Gasteiger partial charge in [-0.25, -0.2) is 0 Å². The van der Waals surface area contributed by atoms with E-state index in [9.17, 15) is 4.79 Å². The molecule has 17 heavy (non-hydrogen) atoms. The van der Waals surface area contributed by atoms with E-state index in [0.29, 0.717) is 19.0 Å². The summed E-state index contributed by atoms with van der Waals surface area (Å²) in [4.78, 5) is 14.0. The predicted octanol–water partition coefficient (Wildman–Crippen LogP) is 2.33. The van der Waals surface area contributed by atoms with Gasteiger partial charge in [0.05, 0.1) is 6.61 Å². The Morgan fingerprint density at radius 2 is 1.82 bits per heavy atom. The molecule has 0 atom stereocenters. The Morgan fingerprint density at radius 3 is 2.41 bits per heavy atom. The van der Waals surface area contributed by atoms with Crippen molar-refractivity contribution in [2.45, 2.75) is 63.8 Å². The zero-order chi connectivity index (χ0) is 12.1. The average Bonchev–Trinajstić information content (AvgIpc) is 3.18. The molecule has 98 valence electrons. The summed E-state index contributed by atoms with van der Waals surface area (Å²) in [6.45, 7) is 0.639. The smallest absolute Gasteiger partial charge is 0.222 e. The minimum absolute atomic E-state index is 0.103. The number of carbonyl (C=O) groups is 1. The lowest BCUT2D eigenvalue weighted by Gasteiger charge is -2.24. The summed E-state index contributed by atoms with van der Waals surface area (Å²) in [5.74, 6) is 1.05. The summed E-state index contributed by atoms with van der Waals surface area (Å²) in [7, 11) is 0. The Bertz CT molecular complexity index is 245. The molecule has 0 heterocycles. The van der Waals surface area contributed by atoms with Crippen molar-refractivity contribution in [2.75, 3.05) is 13.2 Å². The van der Waals surface area contributed by atoms with Crippen molar-refractivity contribution in [1.29, 1.82) is 0 Å². The van der Waals surface area contributed by atoms with Gasteiger partial charge in [0.1, 0.15) is 0 Å². The number of nitrogens with zero attached hydrogens (tertiary/aromatic N) is 1. The minimum atomic E-state index is 0.103. The second-order valence-electron chi connectivity index (χ2n) is 5.58. The lowest BCUT2D eigenvalue weighted by molar-refractivity contribution is -0.132. The summed E-state index contributed by atoms with van der Waals surface area (Å²) >= 11 is 0. The number of hydrogen-bond acceptors (Lipinski definition) is 2. The standard InChI is InChI=1S/C14H25NO2/c16-11-10-15(13-7-8-13)14(17)9-6-12-4-2-1-3-5-12/h12-13,16H,1-11H2. The molecular weight excluding hydrogens is 214 g/mol. The monoisotopic (exact) mass is 239 g/mol. The maximum atomic E-state index is 12.1. The SMILES string of the molecule is O=C(CCC1CCCCC1)N(CCO)C1CC1. The van der Waals surface area contributed by atoms with Crippen molar-refractivity contribution in [3.63, 3.8) is 0 Å². The maximum absolute atomic E-state index is 12.1. The van der Waals surface area contributed by atoms with Crippen LogP contribution in [0.3, 0.4) is 0 Å². The molecular formula is C14H25NO2. The molecule has 3 heteroatoms. The molecule has 0 aromatic carbocycles. The van der Waals surface area contributed by atoms with Crippen LogP contribution in [0.15, 0.2) is 0 Å². The molecule has 0 bridgehead atoms. The average molecular weight is 239 g/mol. The van der Waals surface area contributed by atoms with E-state index in [1.807, 2.05) is 4.90 Å². The molecule has 0 aliphatic heterocycles. The Balaban J connectivity index is 1.70. The van der Waals surface area contributed by atoms with Gasteiger partial charge in [-0.05, 0) is 25.2 Å². The number of hydrogen-bond donors (Lipinski definition) is 1. The zero-order valence-corrected chi connectivity index (χ0v) is 10.7. The first-order valence-corrected chi connectivity index (χ1v) is 7.21. The van der Waals surface area contributed by atoms with Gasteiger partial charge >= 0.3 is 0 Å². The normalized spacial score (nSPS) is 21.5. The predicted molar refractivity (Wildman–Crippen MR) is 67.6 cm³/mol. The van der Waals surface area contributed by atoms with E-state index in [-0.39, 0.29) is 12.5 Å². The first kappa shape index (κ1) is 12.9. The van der Waals surface area contributed by atoms with E-state index in [0.717, 1.165) is 25.2 Å². The molecule has 2 aliphatic carbocycles. The summed E-state index contributed by atoms with van der Waals surface area (Å²) in [5, 5.41) is 8.99. The van der Waals surface area contributed by atoms with Crippen LogP contribution < -0.4 is 0 Å². The van der Waals surface area contributed by atoms with Gasteiger partial charge in [0.25, 0.3) is 0 Å². The van der Waals surface area contributed by atoms with Crippen molar-refractivity contribution in [3.8, 4) is 0 Å². The topological polar surface area (TPSA) is 40.5 Å². The summed E-state index contributed by atoms with van der Waals surface area (Å²) in [6.07, 6.45) is 10.7. The van der Waals surface area contributed by atoms with E-state index in [4.69, 9.17) is 5.11 Å². The van der Waals surface area contributed by atoms with E-state index in [1.165, 1.54) is 32.1 Å². The third-order valence-electron chi connectivity index (χ3n) is 4.14. The zero-order valence-electron chi connectivity index (χ0n) is 10.7. The van der Waals surface area contributed by atoms with Gasteiger partial charge in [-0.1, -0.05) is 32.1 Å². The Morgan fingerprint density at radius 1 is 1.12 bits per heavy atom. The van der Waals surface area contributed by atoms with Crippen LogP contribution in [-0.2, 0) is 4.79 Å². The van der Waals surface area contributed by atoms with Gasteiger partial charge in [-0.3, -0.25) is 4.79 Å². The fourth-order valence-corrected chi connectivity index (χ4v) is 2.95. The first-order valence-electron chi connectivity index (χ1n) is 7.21. The van der Waals surface area contributed by atoms with Gasteiger partial charge in [-0.2, -0.15) is 0 Å². The lowest BCUT2D eigenvalue weighted by atomic mass is 9.86. The van der Waals surface area contributed by atoms with Crippen LogP contribution in [-0.4, -0.2) is 35.1 Å². The molecule has 2 aliphatic rings. The quantitative estimate of drug-likeness (QED) is 0.773. The first-order chi connectivity index (χ1) is 8.31. The molecule has 0 unspecified atom stereocenters. The second kappa shape index (κ2) is 6.39. The number of aliphatic hydroxyl groups is 1. The van der Waals surface area contributed by atoms with Crippen LogP contribution in [0.25, 0.3) is 0 Å². The van der Waals surface area contributed by atoms with Crippen molar-refractivity contribution < 1.29 is 9.90 Å². The van der Waals surface area contributed by atoms with E-state index in [1.54, 1.807) is 0 Å². The Kier molecular flexibility index (Phi) is 4.84. The van der Waals surface area contributed by atoms with Crippen molar-refractivity contribution in [1.82, 2.24) is 4.90 Å². The minimum Gasteiger partial charge on any atom is -0.395 e. The van der Waals surface area contributed by atoms with Gasteiger partial charge in [-0.15, -0.1) is 0 Å². The van der Waals surface area contributed by atoms with Crippen LogP contribution in [0.5, 0.6) is 0 Å². The lowest BCUT2D eigenvalue weighted by Crippen LogP contribution is -2.35. The largest absolute Gasteiger partial charge is 0.395 e. The fraction of sp³-hybridized carbons (Fsp3) is 0.929. The molecule has 2 fully saturated rings. The Hall–Kier alpha value is -0.570. The van der Waals surface area contributed by atoms with E-state index < -0.39 is 0 Å². The molecule has 1 N–H and O–H groups in total. The fourth-order valence-electron chi connectivity index (χ4n) is 2.95. The van der Waals surface area contributed by atoms with Crippen molar-refractivity contribution >= 4 is 5.91 Å². The van der Waals surface area contributed by atoms with Gasteiger partial charge < -0.3 is 10.0 Å². The van der Waals surface area contributed by atoms with E-state index >= 15 is 0 Å².